The molecule has 0 atom stereocenters. The number of hydrogen-bond donors (Lipinski definition) is 1. The molecule has 0 saturated heterocycles. The van der Waals surface area contributed by atoms with E-state index in [4.69, 9.17) is 0 Å². The minimum Gasteiger partial charge on any atom is -0.314 e. The van der Waals surface area contributed by atoms with Crippen molar-refractivity contribution in [2.45, 2.75) is 59.0 Å². The molecule has 16 heavy (non-hydrogen) atoms. The van der Waals surface area contributed by atoms with Gasteiger partial charge in [-0.15, -0.1) is 5.10 Å². The average Bonchev–Trinajstić information content (AvgIpc) is 2.66. The van der Waals surface area contributed by atoms with Crippen molar-refractivity contribution in [2.75, 3.05) is 7.05 Å². The van der Waals surface area contributed by atoms with E-state index in [0.29, 0.717) is 6.04 Å². The number of rotatable bonds is 7. The maximum absolute atomic E-state index is 4.32. The van der Waals surface area contributed by atoms with Crippen LogP contribution in [-0.2, 0) is 13.0 Å². The lowest BCUT2D eigenvalue weighted by Gasteiger charge is -2.15. The highest BCUT2D eigenvalue weighted by Crippen LogP contribution is 2.19. The lowest BCUT2D eigenvalue weighted by molar-refractivity contribution is 0.404. The number of nitrogens with zero attached hydrogens (tertiary/aromatic N) is 3. The Morgan fingerprint density at radius 2 is 1.94 bits per heavy atom. The average molecular weight is 224 g/mol. The molecular formula is C12H24N4. The van der Waals surface area contributed by atoms with Gasteiger partial charge in [-0.1, -0.05) is 32.4 Å². The third-order valence-electron chi connectivity index (χ3n) is 2.99. The fraction of sp³-hybridized carbons (Fsp3) is 0.833. The second kappa shape index (κ2) is 6.63. The van der Waals surface area contributed by atoms with Gasteiger partial charge in [-0.25, -0.2) is 4.68 Å². The van der Waals surface area contributed by atoms with Crippen LogP contribution in [0.25, 0.3) is 0 Å². The molecule has 0 radical (unpaired) electrons. The highest BCUT2D eigenvalue weighted by Gasteiger charge is 2.16. The van der Waals surface area contributed by atoms with E-state index in [-0.39, 0.29) is 0 Å². The van der Waals surface area contributed by atoms with E-state index in [1.165, 1.54) is 5.69 Å². The third-order valence-corrected chi connectivity index (χ3v) is 2.99. The molecule has 1 N–H and O–H groups in total. The van der Waals surface area contributed by atoms with Gasteiger partial charge in [-0.2, -0.15) is 0 Å². The number of aromatic nitrogens is 3. The van der Waals surface area contributed by atoms with Crippen LogP contribution in [0.4, 0.5) is 0 Å². The molecule has 0 aliphatic rings. The molecule has 0 aromatic carbocycles. The van der Waals surface area contributed by atoms with Crippen LogP contribution in [0.5, 0.6) is 0 Å². The largest absolute Gasteiger partial charge is 0.314 e. The van der Waals surface area contributed by atoms with Crippen molar-refractivity contribution in [3.8, 4) is 0 Å². The van der Waals surface area contributed by atoms with Crippen molar-refractivity contribution in [3.05, 3.63) is 11.4 Å². The molecule has 0 fully saturated rings. The molecule has 1 aromatic heterocycles. The Hall–Kier alpha value is -0.900. The first-order valence-corrected chi connectivity index (χ1v) is 6.35. The second-order valence-corrected chi connectivity index (χ2v) is 4.18. The number of nitrogens with one attached hydrogen (secondary N) is 1. The zero-order valence-electron chi connectivity index (χ0n) is 11.0. The zero-order valence-corrected chi connectivity index (χ0v) is 11.0. The Bertz CT molecular complexity index is 302. The lowest BCUT2D eigenvalue weighted by Crippen LogP contribution is -2.14. The van der Waals surface area contributed by atoms with Crippen molar-refractivity contribution >= 4 is 0 Å². The molecular weight excluding hydrogens is 200 g/mol. The predicted octanol–water partition coefficient (Wildman–Crippen LogP) is 2.31. The molecule has 0 saturated carbocycles. The molecule has 0 bridgehead atoms. The Morgan fingerprint density at radius 3 is 2.44 bits per heavy atom. The maximum Gasteiger partial charge on any atom is 0.0996 e. The van der Waals surface area contributed by atoms with Gasteiger partial charge in [0, 0.05) is 6.54 Å². The SMILES string of the molecule is CCCc1c(CNC)nnn1C(CC)CC. The summed E-state index contributed by atoms with van der Waals surface area (Å²) >= 11 is 0. The minimum absolute atomic E-state index is 0.500. The highest BCUT2D eigenvalue weighted by molar-refractivity contribution is 5.11. The highest BCUT2D eigenvalue weighted by atomic mass is 15.4. The van der Waals surface area contributed by atoms with Crippen LogP contribution in [0.3, 0.4) is 0 Å². The summed E-state index contributed by atoms with van der Waals surface area (Å²) < 4.78 is 2.14. The van der Waals surface area contributed by atoms with Gasteiger partial charge in [-0.3, -0.25) is 0 Å². The summed E-state index contributed by atoms with van der Waals surface area (Å²) in [6, 6.07) is 0.500. The Labute approximate surface area is 98.4 Å². The summed E-state index contributed by atoms with van der Waals surface area (Å²) in [5.41, 5.74) is 2.42. The minimum atomic E-state index is 0.500. The molecule has 0 aliphatic heterocycles. The lowest BCUT2D eigenvalue weighted by atomic mass is 10.1. The molecule has 1 rings (SSSR count). The molecule has 4 heteroatoms. The van der Waals surface area contributed by atoms with E-state index in [1.54, 1.807) is 0 Å². The van der Waals surface area contributed by atoms with Gasteiger partial charge in [0.1, 0.15) is 0 Å². The normalized spacial score (nSPS) is 11.3. The number of hydrogen-bond acceptors (Lipinski definition) is 3. The van der Waals surface area contributed by atoms with Crippen LogP contribution < -0.4 is 5.32 Å². The molecule has 0 aliphatic carbocycles. The first kappa shape index (κ1) is 13.2. The maximum atomic E-state index is 4.32. The van der Waals surface area contributed by atoms with Crippen molar-refractivity contribution < 1.29 is 0 Å². The van der Waals surface area contributed by atoms with Gasteiger partial charge >= 0.3 is 0 Å². The fourth-order valence-corrected chi connectivity index (χ4v) is 2.07. The Morgan fingerprint density at radius 1 is 1.25 bits per heavy atom. The van der Waals surface area contributed by atoms with Crippen molar-refractivity contribution in [2.24, 2.45) is 0 Å². The molecule has 1 heterocycles. The predicted molar refractivity (Wildman–Crippen MR) is 66.4 cm³/mol. The smallest absolute Gasteiger partial charge is 0.0996 e. The summed E-state index contributed by atoms with van der Waals surface area (Å²) in [7, 11) is 1.95. The summed E-state index contributed by atoms with van der Waals surface area (Å²) in [6.45, 7) is 7.44. The van der Waals surface area contributed by atoms with Gasteiger partial charge in [0.25, 0.3) is 0 Å². The standard InChI is InChI=1S/C12H24N4/c1-5-8-12-11(9-13-4)14-15-16(12)10(6-2)7-3/h10,13H,5-9H2,1-4H3. The van der Waals surface area contributed by atoms with Crippen molar-refractivity contribution in [1.82, 2.24) is 20.3 Å². The molecule has 92 valence electrons. The first-order valence-electron chi connectivity index (χ1n) is 6.35. The van der Waals surface area contributed by atoms with Gasteiger partial charge in [0.15, 0.2) is 0 Å². The van der Waals surface area contributed by atoms with Gasteiger partial charge in [-0.05, 0) is 26.3 Å². The summed E-state index contributed by atoms with van der Waals surface area (Å²) in [5.74, 6) is 0. The van der Waals surface area contributed by atoms with Gasteiger partial charge in [0.2, 0.25) is 0 Å². The Balaban J connectivity index is 2.98. The molecule has 0 amide bonds. The second-order valence-electron chi connectivity index (χ2n) is 4.18. The summed E-state index contributed by atoms with van der Waals surface area (Å²) in [4.78, 5) is 0. The first-order chi connectivity index (χ1) is 7.78. The Kier molecular flexibility index (Phi) is 5.46. The molecule has 4 nitrogen and oxygen atoms in total. The quantitative estimate of drug-likeness (QED) is 0.773. The van der Waals surface area contributed by atoms with E-state index in [2.05, 4.69) is 41.1 Å². The molecule has 0 unspecified atom stereocenters. The fourth-order valence-electron chi connectivity index (χ4n) is 2.07. The van der Waals surface area contributed by atoms with Crippen LogP contribution in [0.15, 0.2) is 0 Å². The van der Waals surface area contributed by atoms with Crippen molar-refractivity contribution in [1.29, 1.82) is 0 Å². The van der Waals surface area contributed by atoms with E-state index in [1.807, 2.05) is 7.05 Å². The van der Waals surface area contributed by atoms with Crippen LogP contribution >= 0.6 is 0 Å². The van der Waals surface area contributed by atoms with Crippen LogP contribution in [-0.4, -0.2) is 22.0 Å². The summed E-state index contributed by atoms with van der Waals surface area (Å²) in [5, 5.41) is 11.8. The van der Waals surface area contributed by atoms with Gasteiger partial charge < -0.3 is 5.32 Å². The van der Waals surface area contributed by atoms with Crippen molar-refractivity contribution in [3.63, 3.8) is 0 Å². The van der Waals surface area contributed by atoms with E-state index in [0.717, 1.165) is 37.9 Å². The monoisotopic (exact) mass is 224 g/mol. The van der Waals surface area contributed by atoms with Crippen LogP contribution in [0.1, 0.15) is 57.5 Å². The zero-order chi connectivity index (χ0) is 12.0. The van der Waals surface area contributed by atoms with E-state index >= 15 is 0 Å². The van der Waals surface area contributed by atoms with Crippen LogP contribution in [0.2, 0.25) is 0 Å². The topological polar surface area (TPSA) is 42.7 Å². The van der Waals surface area contributed by atoms with Crippen LogP contribution in [0, 0.1) is 0 Å². The van der Waals surface area contributed by atoms with Gasteiger partial charge in [0.05, 0.1) is 17.4 Å². The third kappa shape index (κ3) is 2.82. The molecule has 1 aromatic rings. The van der Waals surface area contributed by atoms with E-state index in [9.17, 15) is 0 Å². The molecule has 0 spiro atoms. The summed E-state index contributed by atoms with van der Waals surface area (Å²) in [6.07, 6.45) is 4.45. The van der Waals surface area contributed by atoms with E-state index < -0.39 is 0 Å².